The molecule has 0 radical (unpaired) electrons. The van der Waals surface area contributed by atoms with Crippen LogP contribution in [0.1, 0.15) is 13.8 Å². The van der Waals surface area contributed by atoms with Gasteiger partial charge in [-0.25, -0.2) is 0 Å². The average molecular weight is 260 g/mol. The van der Waals surface area contributed by atoms with Gasteiger partial charge in [-0.3, -0.25) is 4.79 Å². The highest BCUT2D eigenvalue weighted by atomic mass is 16.7. The molecule has 0 aromatic carbocycles. The molecule has 1 fully saturated rings. The van der Waals surface area contributed by atoms with Crippen LogP contribution >= 0.6 is 0 Å². The summed E-state index contributed by atoms with van der Waals surface area (Å²) in [5, 5.41) is 6.16. The zero-order chi connectivity index (χ0) is 13.5. The Labute approximate surface area is 108 Å². The Morgan fingerprint density at radius 2 is 2.06 bits per heavy atom. The second-order valence-corrected chi connectivity index (χ2v) is 4.45. The summed E-state index contributed by atoms with van der Waals surface area (Å²) in [5.74, 6) is -0.174. The van der Waals surface area contributed by atoms with Crippen molar-refractivity contribution in [1.82, 2.24) is 10.6 Å². The molecule has 0 spiro atoms. The van der Waals surface area contributed by atoms with Crippen molar-refractivity contribution in [2.24, 2.45) is 5.92 Å². The number of amides is 1. The molecule has 1 heterocycles. The molecule has 1 amide bonds. The van der Waals surface area contributed by atoms with Crippen LogP contribution in [-0.4, -0.2) is 58.3 Å². The van der Waals surface area contributed by atoms with Crippen molar-refractivity contribution in [2.75, 3.05) is 34.0 Å². The molecule has 1 saturated heterocycles. The second kappa shape index (κ2) is 7.68. The topological polar surface area (TPSA) is 68.8 Å². The number of ether oxygens (including phenoxy) is 3. The van der Waals surface area contributed by atoms with Crippen molar-refractivity contribution in [3.63, 3.8) is 0 Å². The lowest BCUT2D eigenvalue weighted by atomic mass is 10.0. The van der Waals surface area contributed by atoms with Gasteiger partial charge in [0.15, 0.2) is 6.29 Å². The minimum atomic E-state index is -0.436. The van der Waals surface area contributed by atoms with Crippen LogP contribution in [0.3, 0.4) is 0 Å². The summed E-state index contributed by atoms with van der Waals surface area (Å²) in [5.41, 5.74) is 0. The van der Waals surface area contributed by atoms with Crippen molar-refractivity contribution in [3.8, 4) is 0 Å². The third-order valence-corrected chi connectivity index (χ3v) is 3.13. The molecule has 0 bridgehead atoms. The minimum Gasteiger partial charge on any atom is -0.379 e. The molecule has 18 heavy (non-hydrogen) atoms. The van der Waals surface area contributed by atoms with Crippen molar-refractivity contribution >= 4 is 5.91 Å². The summed E-state index contributed by atoms with van der Waals surface area (Å²) in [4.78, 5) is 12.1. The summed E-state index contributed by atoms with van der Waals surface area (Å²) < 4.78 is 15.6. The van der Waals surface area contributed by atoms with Crippen LogP contribution in [0, 0.1) is 5.92 Å². The quantitative estimate of drug-likeness (QED) is 0.617. The van der Waals surface area contributed by atoms with Crippen LogP contribution in [0.5, 0.6) is 0 Å². The van der Waals surface area contributed by atoms with Crippen molar-refractivity contribution in [1.29, 1.82) is 0 Å². The smallest absolute Gasteiger partial charge is 0.227 e. The normalized spacial score (nSPS) is 25.4. The maximum atomic E-state index is 12.1. The van der Waals surface area contributed by atoms with E-state index in [1.165, 1.54) is 0 Å². The summed E-state index contributed by atoms with van der Waals surface area (Å²) in [6.45, 7) is 5.74. The van der Waals surface area contributed by atoms with Crippen LogP contribution in [0.15, 0.2) is 0 Å². The van der Waals surface area contributed by atoms with E-state index >= 15 is 0 Å². The number of rotatable bonds is 7. The highest BCUT2D eigenvalue weighted by molar-refractivity contribution is 5.80. The third kappa shape index (κ3) is 3.91. The van der Waals surface area contributed by atoms with E-state index in [2.05, 4.69) is 10.6 Å². The molecule has 1 rings (SSSR count). The van der Waals surface area contributed by atoms with Crippen LogP contribution in [0.4, 0.5) is 0 Å². The standard InChI is InChI=1S/C12H24N2O4/c1-5-13-10-7-18-6-9(10)11(15)14-8(2)12(16-3)17-4/h8-10,12-13H,5-7H2,1-4H3,(H,14,15). The van der Waals surface area contributed by atoms with Gasteiger partial charge >= 0.3 is 0 Å². The van der Waals surface area contributed by atoms with Gasteiger partial charge in [-0.05, 0) is 13.5 Å². The van der Waals surface area contributed by atoms with Gasteiger partial charge in [0.2, 0.25) is 5.91 Å². The Morgan fingerprint density at radius 1 is 1.39 bits per heavy atom. The lowest BCUT2D eigenvalue weighted by Gasteiger charge is -2.25. The maximum absolute atomic E-state index is 12.1. The molecule has 3 unspecified atom stereocenters. The van der Waals surface area contributed by atoms with Gasteiger partial charge in [0.25, 0.3) is 0 Å². The first-order chi connectivity index (χ1) is 8.63. The first-order valence-electron chi connectivity index (χ1n) is 6.31. The van der Waals surface area contributed by atoms with E-state index < -0.39 is 6.29 Å². The number of hydrogen-bond donors (Lipinski definition) is 2. The summed E-state index contributed by atoms with van der Waals surface area (Å²) >= 11 is 0. The number of nitrogens with one attached hydrogen (secondary N) is 2. The molecule has 106 valence electrons. The lowest BCUT2D eigenvalue weighted by Crippen LogP contribution is -2.49. The van der Waals surface area contributed by atoms with Gasteiger partial charge < -0.3 is 24.8 Å². The predicted octanol–water partition coefficient (Wildman–Crippen LogP) is -0.265. The largest absolute Gasteiger partial charge is 0.379 e. The Kier molecular flexibility index (Phi) is 6.56. The average Bonchev–Trinajstić information content (AvgIpc) is 2.79. The predicted molar refractivity (Wildman–Crippen MR) is 67.2 cm³/mol. The zero-order valence-electron chi connectivity index (χ0n) is 11.6. The van der Waals surface area contributed by atoms with Gasteiger partial charge in [-0.1, -0.05) is 6.92 Å². The molecule has 0 aromatic rings. The van der Waals surface area contributed by atoms with Crippen molar-refractivity contribution in [3.05, 3.63) is 0 Å². The van der Waals surface area contributed by atoms with Crippen LogP contribution < -0.4 is 10.6 Å². The monoisotopic (exact) mass is 260 g/mol. The first-order valence-corrected chi connectivity index (χ1v) is 6.31. The second-order valence-electron chi connectivity index (χ2n) is 4.45. The van der Waals surface area contributed by atoms with E-state index in [0.717, 1.165) is 6.54 Å². The Hall–Kier alpha value is -0.690. The molecule has 0 aromatic heterocycles. The van der Waals surface area contributed by atoms with E-state index in [4.69, 9.17) is 14.2 Å². The summed E-state index contributed by atoms with van der Waals surface area (Å²) in [7, 11) is 3.11. The molecule has 1 aliphatic heterocycles. The first kappa shape index (κ1) is 15.4. The fourth-order valence-electron chi connectivity index (χ4n) is 2.18. The number of hydrogen-bond acceptors (Lipinski definition) is 5. The number of methoxy groups -OCH3 is 2. The van der Waals surface area contributed by atoms with Crippen LogP contribution in [-0.2, 0) is 19.0 Å². The molecular formula is C12H24N2O4. The van der Waals surface area contributed by atoms with Gasteiger partial charge in [-0.2, -0.15) is 0 Å². The molecular weight excluding hydrogens is 236 g/mol. The molecule has 2 N–H and O–H groups in total. The number of carbonyl (C=O) groups is 1. The molecule has 6 heteroatoms. The van der Waals surface area contributed by atoms with E-state index in [1.807, 2.05) is 13.8 Å². The van der Waals surface area contributed by atoms with E-state index in [9.17, 15) is 4.79 Å². The van der Waals surface area contributed by atoms with Crippen LogP contribution in [0.25, 0.3) is 0 Å². The maximum Gasteiger partial charge on any atom is 0.227 e. The zero-order valence-corrected chi connectivity index (χ0v) is 11.6. The molecule has 6 nitrogen and oxygen atoms in total. The highest BCUT2D eigenvalue weighted by Gasteiger charge is 2.34. The summed E-state index contributed by atoms with van der Waals surface area (Å²) in [6.07, 6.45) is -0.436. The minimum absolute atomic E-state index is 0.0231. The molecule has 3 atom stereocenters. The fourth-order valence-corrected chi connectivity index (χ4v) is 2.18. The van der Waals surface area contributed by atoms with Crippen molar-refractivity contribution < 1.29 is 19.0 Å². The van der Waals surface area contributed by atoms with Gasteiger partial charge in [0.1, 0.15) is 0 Å². The molecule has 1 aliphatic rings. The third-order valence-electron chi connectivity index (χ3n) is 3.13. The lowest BCUT2D eigenvalue weighted by molar-refractivity contribution is -0.138. The van der Waals surface area contributed by atoms with E-state index in [-0.39, 0.29) is 23.9 Å². The highest BCUT2D eigenvalue weighted by Crippen LogP contribution is 2.14. The van der Waals surface area contributed by atoms with Gasteiger partial charge in [-0.15, -0.1) is 0 Å². The van der Waals surface area contributed by atoms with E-state index in [1.54, 1.807) is 14.2 Å². The Morgan fingerprint density at radius 3 is 2.61 bits per heavy atom. The van der Waals surface area contributed by atoms with Crippen LogP contribution in [0.2, 0.25) is 0 Å². The SMILES string of the molecule is CCNC1COCC1C(=O)NC(C)C(OC)OC. The summed E-state index contributed by atoms with van der Waals surface area (Å²) in [6, 6.07) is -0.110. The fraction of sp³-hybridized carbons (Fsp3) is 0.917. The molecule has 0 saturated carbocycles. The van der Waals surface area contributed by atoms with Gasteiger partial charge in [0.05, 0.1) is 25.2 Å². The number of carbonyl (C=O) groups excluding carboxylic acids is 1. The van der Waals surface area contributed by atoms with Crippen molar-refractivity contribution in [2.45, 2.75) is 32.2 Å². The van der Waals surface area contributed by atoms with E-state index in [0.29, 0.717) is 13.2 Å². The Bertz CT molecular complexity index is 258. The van der Waals surface area contributed by atoms with Gasteiger partial charge in [0, 0.05) is 20.3 Å². The Balaban J connectivity index is 2.48. The molecule has 0 aliphatic carbocycles. The number of likely N-dealkylation sites (N-methyl/N-ethyl adjacent to an activating group) is 1.